The number of carbonyl (C=O) groups excluding carboxylic acids is 1. The predicted octanol–water partition coefficient (Wildman–Crippen LogP) is 1.91. The van der Waals surface area contributed by atoms with Gasteiger partial charge in [-0.15, -0.1) is 0 Å². The molecular weight excluding hydrogens is 302 g/mol. The molecule has 0 aliphatic carbocycles. The number of hydrogen-bond donors (Lipinski definition) is 1. The summed E-state index contributed by atoms with van der Waals surface area (Å²) in [5.74, 6) is -0.252. The molecule has 2 heterocycles. The van der Waals surface area contributed by atoms with Crippen LogP contribution in [0.25, 0.3) is 11.1 Å². The van der Waals surface area contributed by atoms with Crippen LogP contribution in [0.4, 0.5) is 0 Å². The van der Waals surface area contributed by atoms with E-state index in [-0.39, 0.29) is 11.9 Å². The molecule has 1 unspecified atom stereocenters. The average Bonchev–Trinajstić information content (AvgIpc) is 3.09. The van der Waals surface area contributed by atoms with Gasteiger partial charge in [0.1, 0.15) is 5.69 Å². The smallest absolute Gasteiger partial charge is 0.270 e. The molecular formula is C18H15N5O. The number of pyridine rings is 1. The van der Waals surface area contributed by atoms with E-state index in [1.165, 1.54) is 0 Å². The molecule has 0 saturated carbocycles. The third kappa shape index (κ3) is 3.34. The Morgan fingerprint density at radius 3 is 2.83 bits per heavy atom. The summed E-state index contributed by atoms with van der Waals surface area (Å²) >= 11 is 0. The highest BCUT2D eigenvalue weighted by atomic mass is 16.1. The van der Waals surface area contributed by atoms with Crippen molar-refractivity contribution in [3.63, 3.8) is 0 Å². The Hall–Kier alpha value is -3.38. The molecule has 1 aliphatic heterocycles. The van der Waals surface area contributed by atoms with Crippen LogP contribution in [0.5, 0.6) is 0 Å². The molecule has 1 fully saturated rings. The molecule has 0 spiro atoms. The van der Waals surface area contributed by atoms with Crippen molar-refractivity contribution in [3.05, 3.63) is 53.9 Å². The molecule has 1 N–H and O–H groups in total. The summed E-state index contributed by atoms with van der Waals surface area (Å²) < 4.78 is 0. The number of rotatable bonds is 3. The third-order valence-corrected chi connectivity index (χ3v) is 3.98. The molecule has 1 saturated heterocycles. The molecule has 6 heteroatoms. The fraction of sp³-hybridized carbons (Fsp3) is 0.222. The van der Waals surface area contributed by atoms with Crippen LogP contribution >= 0.6 is 0 Å². The minimum Gasteiger partial charge on any atom is -0.346 e. The molecule has 24 heavy (non-hydrogen) atoms. The lowest BCUT2D eigenvalue weighted by atomic mass is 10.0. The zero-order valence-corrected chi connectivity index (χ0v) is 12.9. The highest BCUT2D eigenvalue weighted by molar-refractivity contribution is 5.93. The molecule has 1 aliphatic rings. The van der Waals surface area contributed by atoms with Crippen LogP contribution in [0.15, 0.2) is 42.6 Å². The van der Waals surface area contributed by atoms with Crippen molar-refractivity contribution in [1.29, 1.82) is 10.5 Å². The van der Waals surface area contributed by atoms with Crippen molar-refractivity contribution in [2.45, 2.75) is 12.5 Å². The minimum absolute atomic E-state index is 0.0375. The number of nitriles is 2. The standard InChI is InChI=1S/C18H15N5O/c19-10-13-2-1-3-14(8-13)15-4-6-21-17(9-15)18(24)22-16-5-7-23(11-16)12-20/h1-4,6,8-9,16H,5,7,11H2,(H,22,24). The third-order valence-electron chi connectivity index (χ3n) is 3.98. The maximum Gasteiger partial charge on any atom is 0.270 e. The largest absolute Gasteiger partial charge is 0.346 e. The zero-order chi connectivity index (χ0) is 16.9. The van der Waals surface area contributed by atoms with Gasteiger partial charge in [0.2, 0.25) is 0 Å². The summed E-state index contributed by atoms with van der Waals surface area (Å²) in [5, 5.41) is 20.8. The first-order chi connectivity index (χ1) is 11.7. The first kappa shape index (κ1) is 15.5. The fourth-order valence-electron chi connectivity index (χ4n) is 2.73. The van der Waals surface area contributed by atoms with Crippen molar-refractivity contribution in [2.24, 2.45) is 0 Å². The van der Waals surface area contributed by atoms with E-state index in [4.69, 9.17) is 10.5 Å². The van der Waals surface area contributed by atoms with Gasteiger partial charge in [0.05, 0.1) is 11.6 Å². The monoisotopic (exact) mass is 317 g/mol. The van der Waals surface area contributed by atoms with E-state index in [2.05, 4.69) is 22.6 Å². The molecule has 6 nitrogen and oxygen atoms in total. The molecule has 3 rings (SSSR count). The van der Waals surface area contributed by atoms with Crippen LogP contribution in [-0.2, 0) is 0 Å². The van der Waals surface area contributed by atoms with Crippen molar-refractivity contribution < 1.29 is 4.79 Å². The van der Waals surface area contributed by atoms with Gasteiger partial charge in [-0.1, -0.05) is 12.1 Å². The molecule has 0 bridgehead atoms. The summed E-state index contributed by atoms with van der Waals surface area (Å²) in [6.45, 7) is 1.20. The van der Waals surface area contributed by atoms with Crippen LogP contribution in [-0.4, -0.2) is 34.9 Å². The summed E-state index contributed by atoms with van der Waals surface area (Å²) in [6, 6.07) is 12.8. The van der Waals surface area contributed by atoms with E-state index >= 15 is 0 Å². The van der Waals surface area contributed by atoms with Crippen LogP contribution in [0, 0.1) is 22.8 Å². The Morgan fingerprint density at radius 1 is 1.25 bits per heavy atom. The first-order valence-electron chi connectivity index (χ1n) is 7.62. The summed E-state index contributed by atoms with van der Waals surface area (Å²) in [5.41, 5.74) is 2.59. The molecule has 1 amide bonds. The van der Waals surface area contributed by atoms with E-state index in [1.54, 1.807) is 35.4 Å². The van der Waals surface area contributed by atoms with Gasteiger partial charge < -0.3 is 10.2 Å². The van der Waals surface area contributed by atoms with Crippen molar-refractivity contribution in [2.75, 3.05) is 13.1 Å². The molecule has 1 atom stereocenters. The van der Waals surface area contributed by atoms with Gasteiger partial charge in [-0.25, -0.2) is 0 Å². The van der Waals surface area contributed by atoms with Gasteiger partial charge in [0.15, 0.2) is 6.19 Å². The second-order valence-corrected chi connectivity index (χ2v) is 5.63. The first-order valence-corrected chi connectivity index (χ1v) is 7.62. The lowest BCUT2D eigenvalue weighted by Crippen LogP contribution is -2.36. The van der Waals surface area contributed by atoms with Crippen LogP contribution in [0.1, 0.15) is 22.5 Å². The molecule has 2 aromatic rings. The molecule has 1 aromatic carbocycles. The van der Waals surface area contributed by atoms with Gasteiger partial charge in [0, 0.05) is 25.3 Å². The SMILES string of the molecule is N#Cc1cccc(-c2ccnc(C(=O)NC3CCN(C#N)C3)c2)c1. The fourth-order valence-corrected chi connectivity index (χ4v) is 2.73. The number of benzene rings is 1. The zero-order valence-electron chi connectivity index (χ0n) is 12.9. The van der Waals surface area contributed by atoms with Crippen molar-refractivity contribution >= 4 is 5.91 Å². The van der Waals surface area contributed by atoms with Crippen LogP contribution in [0.3, 0.4) is 0 Å². The van der Waals surface area contributed by atoms with Crippen molar-refractivity contribution in [1.82, 2.24) is 15.2 Å². The Balaban J connectivity index is 1.77. The van der Waals surface area contributed by atoms with Gasteiger partial charge >= 0.3 is 0 Å². The Morgan fingerprint density at radius 2 is 2.08 bits per heavy atom. The highest BCUT2D eigenvalue weighted by Gasteiger charge is 2.23. The quantitative estimate of drug-likeness (QED) is 0.873. The second-order valence-electron chi connectivity index (χ2n) is 5.63. The van der Waals surface area contributed by atoms with E-state index < -0.39 is 0 Å². The number of nitrogens with zero attached hydrogens (tertiary/aromatic N) is 4. The number of hydrogen-bond acceptors (Lipinski definition) is 5. The normalized spacial score (nSPS) is 16.2. The van der Waals surface area contributed by atoms with Gasteiger partial charge in [0.25, 0.3) is 5.91 Å². The Labute approximate surface area is 140 Å². The van der Waals surface area contributed by atoms with E-state index in [0.29, 0.717) is 24.3 Å². The number of likely N-dealkylation sites (tertiary alicyclic amines) is 1. The van der Waals surface area contributed by atoms with Crippen LogP contribution in [0.2, 0.25) is 0 Å². The average molecular weight is 317 g/mol. The topological polar surface area (TPSA) is 92.8 Å². The number of amides is 1. The molecule has 118 valence electrons. The van der Waals surface area contributed by atoms with Gasteiger partial charge in [-0.05, 0) is 41.8 Å². The van der Waals surface area contributed by atoms with Crippen molar-refractivity contribution in [3.8, 4) is 23.4 Å². The molecule has 1 aromatic heterocycles. The van der Waals surface area contributed by atoms with E-state index in [1.807, 2.05) is 12.1 Å². The maximum atomic E-state index is 12.4. The van der Waals surface area contributed by atoms with Gasteiger partial charge in [-0.2, -0.15) is 10.5 Å². The number of carbonyl (C=O) groups is 1. The number of nitrogens with one attached hydrogen (secondary N) is 1. The second kappa shape index (κ2) is 6.80. The molecule has 0 radical (unpaired) electrons. The van der Waals surface area contributed by atoms with Crippen LogP contribution < -0.4 is 5.32 Å². The number of aromatic nitrogens is 1. The lowest BCUT2D eigenvalue weighted by Gasteiger charge is -2.12. The summed E-state index contributed by atoms with van der Waals surface area (Å²) in [7, 11) is 0. The minimum atomic E-state index is -0.252. The summed E-state index contributed by atoms with van der Waals surface area (Å²) in [6.07, 6.45) is 4.42. The Bertz CT molecular complexity index is 849. The lowest BCUT2D eigenvalue weighted by molar-refractivity contribution is 0.0934. The predicted molar refractivity (Wildman–Crippen MR) is 87.4 cm³/mol. The van der Waals surface area contributed by atoms with E-state index in [9.17, 15) is 4.79 Å². The van der Waals surface area contributed by atoms with Gasteiger partial charge in [-0.3, -0.25) is 9.78 Å². The highest BCUT2D eigenvalue weighted by Crippen LogP contribution is 2.20. The summed E-state index contributed by atoms with van der Waals surface area (Å²) in [4.78, 5) is 18.1. The van der Waals surface area contributed by atoms with E-state index in [0.717, 1.165) is 17.5 Å². The maximum absolute atomic E-state index is 12.4. The Kier molecular flexibility index (Phi) is 4.40.